The van der Waals surface area contributed by atoms with Gasteiger partial charge in [0.05, 0.1) is 9.35 Å². The topological polar surface area (TPSA) is 33.2 Å². The lowest BCUT2D eigenvalue weighted by atomic mass is 10.1. The number of thiophene rings is 1. The normalized spacial score (nSPS) is 10.5. The summed E-state index contributed by atoms with van der Waals surface area (Å²) in [4.78, 5) is 18.9. The second-order valence-electron chi connectivity index (χ2n) is 5.46. The number of amides is 1. The number of aromatic nitrogens is 1. The number of carbonyl (C=O) groups is 1. The van der Waals surface area contributed by atoms with Crippen molar-refractivity contribution in [2.24, 2.45) is 0 Å². The summed E-state index contributed by atoms with van der Waals surface area (Å²) in [5, 5.41) is 1.89. The van der Waals surface area contributed by atoms with Gasteiger partial charge in [-0.2, -0.15) is 0 Å². The fourth-order valence-electron chi connectivity index (χ4n) is 2.48. The smallest absolute Gasteiger partial charge is 0.255 e. The highest BCUT2D eigenvalue weighted by atomic mass is 79.9. The lowest BCUT2D eigenvalue weighted by Gasteiger charge is -2.22. The third-order valence-electron chi connectivity index (χ3n) is 3.71. The highest BCUT2D eigenvalue weighted by Gasteiger charge is 2.17. The van der Waals surface area contributed by atoms with Gasteiger partial charge in [-0.1, -0.05) is 36.4 Å². The van der Waals surface area contributed by atoms with Crippen molar-refractivity contribution in [1.82, 2.24) is 9.88 Å². The van der Waals surface area contributed by atoms with Gasteiger partial charge in [0.1, 0.15) is 0 Å². The summed E-state index contributed by atoms with van der Waals surface area (Å²) in [5.74, 6) is 0.0525. The molecular weight excluding hydrogens is 384 g/mol. The van der Waals surface area contributed by atoms with E-state index in [1.807, 2.05) is 52.9 Å². The molecule has 24 heavy (non-hydrogen) atoms. The third kappa shape index (κ3) is 4.52. The highest BCUT2D eigenvalue weighted by molar-refractivity contribution is 9.11. The molecule has 0 unspecified atom stereocenters. The zero-order valence-electron chi connectivity index (χ0n) is 13.1. The number of hydrogen-bond acceptors (Lipinski definition) is 3. The van der Waals surface area contributed by atoms with Crippen molar-refractivity contribution >= 4 is 33.2 Å². The van der Waals surface area contributed by atoms with Crippen LogP contribution >= 0.6 is 27.3 Å². The first-order valence-corrected chi connectivity index (χ1v) is 9.36. The molecule has 2 heterocycles. The molecule has 2 aromatic heterocycles. The van der Waals surface area contributed by atoms with Gasteiger partial charge < -0.3 is 4.90 Å². The van der Waals surface area contributed by atoms with Crippen molar-refractivity contribution in [3.63, 3.8) is 0 Å². The molecule has 0 saturated carbocycles. The maximum atomic E-state index is 12.9. The van der Waals surface area contributed by atoms with Crippen LogP contribution in [0.15, 0.2) is 70.1 Å². The molecule has 0 atom stereocenters. The van der Waals surface area contributed by atoms with Gasteiger partial charge in [-0.15, -0.1) is 11.3 Å². The molecule has 0 aliphatic rings. The van der Waals surface area contributed by atoms with Gasteiger partial charge in [-0.05, 0) is 45.6 Å². The third-order valence-corrected chi connectivity index (χ3v) is 5.22. The Morgan fingerprint density at radius 1 is 1.12 bits per heavy atom. The Labute approximate surface area is 154 Å². The number of hydrogen-bond donors (Lipinski definition) is 0. The lowest BCUT2D eigenvalue weighted by Crippen LogP contribution is -2.32. The Kier molecular flexibility index (Phi) is 5.77. The van der Waals surface area contributed by atoms with E-state index in [9.17, 15) is 4.79 Å². The van der Waals surface area contributed by atoms with Crippen molar-refractivity contribution in [1.29, 1.82) is 0 Å². The van der Waals surface area contributed by atoms with Crippen LogP contribution in [0.3, 0.4) is 0 Å². The van der Waals surface area contributed by atoms with E-state index in [4.69, 9.17) is 0 Å². The Morgan fingerprint density at radius 2 is 1.92 bits per heavy atom. The first kappa shape index (κ1) is 16.9. The summed E-state index contributed by atoms with van der Waals surface area (Å²) < 4.78 is 0.968. The number of carbonyl (C=O) groups excluding carboxylic acids is 1. The zero-order valence-corrected chi connectivity index (χ0v) is 15.5. The lowest BCUT2D eigenvalue weighted by molar-refractivity contribution is 0.0745. The predicted octanol–water partition coefficient (Wildman–Crippen LogP) is 4.79. The zero-order chi connectivity index (χ0) is 16.8. The second kappa shape index (κ2) is 8.22. The first-order valence-electron chi connectivity index (χ1n) is 7.68. The molecule has 3 rings (SSSR count). The molecule has 3 aromatic rings. The minimum atomic E-state index is 0.0525. The molecule has 0 spiro atoms. The maximum absolute atomic E-state index is 12.9. The van der Waals surface area contributed by atoms with E-state index < -0.39 is 0 Å². The van der Waals surface area contributed by atoms with E-state index >= 15 is 0 Å². The molecule has 0 bridgehead atoms. The van der Waals surface area contributed by atoms with Crippen LogP contribution < -0.4 is 0 Å². The van der Waals surface area contributed by atoms with Crippen LogP contribution in [-0.4, -0.2) is 22.3 Å². The average Bonchev–Trinajstić information content (AvgIpc) is 3.06. The molecule has 1 aromatic carbocycles. The number of benzene rings is 1. The van der Waals surface area contributed by atoms with Gasteiger partial charge in [0.2, 0.25) is 0 Å². The molecule has 0 aliphatic carbocycles. The van der Waals surface area contributed by atoms with Crippen molar-refractivity contribution in [3.05, 3.63) is 86.8 Å². The Hall–Kier alpha value is -1.98. The summed E-state index contributed by atoms with van der Waals surface area (Å²) in [5.41, 5.74) is 2.99. The molecule has 0 aliphatic heterocycles. The Morgan fingerprint density at radius 3 is 2.58 bits per heavy atom. The van der Waals surface area contributed by atoms with E-state index in [2.05, 4.69) is 33.0 Å². The van der Waals surface area contributed by atoms with Crippen LogP contribution in [-0.2, 0) is 13.0 Å². The van der Waals surface area contributed by atoms with E-state index in [1.54, 1.807) is 6.20 Å². The van der Waals surface area contributed by atoms with Gasteiger partial charge in [0.15, 0.2) is 0 Å². The van der Waals surface area contributed by atoms with Gasteiger partial charge >= 0.3 is 0 Å². The summed E-state index contributed by atoms with van der Waals surface area (Å²) in [6.07, 6.45) is 4.39. The fraction of sp³-hybridized carbons (Fsp3) is 0.158. The minimum Gasteiger partial charge on any atom is -0.334 e. The molecule has 0 N–H and O–H groups in total. The van der Waals surface area contributed by atoms with Crippen LogP contribution in [0.1, 0.15) is 21.5 Å². The van der Waals surface area contributed by atoms with E-state index in [-0.39, 0.29) is 5.91 Å². The quantitative estimate of drug-likeness (QED) is 0.595. The predicted molar refractivity (Wildman–Crippen MR) is 101 cm³/mol. The van der Waals surface area contributed by atoms with Crippen LogP contribution in [0.5, 0.6) is 0 Å². The fourth-order valence-corrected chi connectivity index (χ4v) is 3.61. The molecule has 3 nitrogen and oxygen atoms in total. The van der Waals surface area contributed by atoms with Crippen LogP contribution in [0.2, 0.25) is 0 Å². The minimum absolute atomic E-state index is 0.0525. The summed E-state index contributed by atoms with van der Waals surface area (Å²) in [6.45, 7) is 1.23. The van der Waals surface area contributed by atoms with Gasteiger partial charge in [-0.25, -0.2) is 0 Å². The first-order chi connectivity index (χ1) is 11.7. The van der Waals surface area contributed by atoms with Crippen molar-refractivity contribution in [2.75, 3.05) is 6.54 Å². The van der Waals surface area contributed by atoms with Crippen LogP contribution in [0.25, 0.3) is 0 Å². The van der Waals surface area contributed by atoms with Gasteiger partial charge in [0.25, 0.3) is 5.91 Å². The molecule has 1 amide bonds. The standard InChI is InChI=1S/C19H17BrN2OS/c20-18-11-17(14-24-18)19(23)22(13-16-7-4-9-21-12-16)10-8-15-5-2-1-3-6-15/h1-7,9,11-12,14H,8,10,13H2. The molecule has 5 heteroatoms. The van der Waals surface area contributed by atoms with E-state index in [0.29, 0.717) is 13.1 Å². The Balaban J connectivity index is 1.76. The largest absolute Gasteiger partial charge is 0.334 e. The van der Waals surface area contributed by atoms with E-state index in [0.717, 1.165) is 21.3 Å². The number of nitrogens with zero attached hydrogens (tertiary/aromatic N) is 2. The van der Waals surface area contributed by atoms with Crippen molar-refractivity contribution in [3.8, 4) is 0 Å². The Bertz CT molecular complexity index is 789. The number of halogens is 1. The molecule has 0 saturated heterocycles. The molecule has 0 radical (unpaired) electrons. The van der Waals surface area contributed by atoms with E-state index in [1.165, 1.54) is 16.9 Å². The summed E-state index contributed by atoms with van der Waals surface area (Å²) in [6, 6.07) is 16.0. The number of pyridine rings is 1. The van der Waals surface area contributed by atoms with Crippen LogP contribution in [0.4, 0.5) is 0 Å². The molecule has 122 valence electrons. The monoisotopic (exact) mass is 400 g/mol. The maximum Gasteiger partial charge on any atom is 0.255 e. The molecular formula is C19H17BrN2OS. The highest BCUT2D eigenvalue weighted by Crippen LogP contribution is 2.22. The second-order valence-corrected chi connectivity index (χ2v) is 7.75. The summed E-state index contributed by atoms with van der Waals surface area (Å²) >= 11 is 4.96. The SMILES string of the molecule is O=C(c1csc(Br)c1)N(CCc1ccccc1)Cc1cccnc1. The van der Waals surface area contributed by atoms with Gasteiger partial charge in [0, 0.05) is 30.9 Å². The van der Waals surface area contributed by atoms with Crippen molar-refractivity contribution in [2.45, 2.75) is 13.0 Å². The van der Waals surface area contributed by atoms with Crippen molar-refractivity contribution < 1.29 is 4.79 Å². The van der Waals surface area contributed by atoms with Crippen LogP contribution in [0, 0.1) is 0 Å². The summed E-state index contributed by atoms with van der Waals surface area (Å²) in [7, 11) is 0. The van der Waals surface area contributed by atoms with Gasteiger partial charge in [-0.3, -0.25) is 9.78 Å². The molecule has 0 fully saturated rings. The average molecular weight is 401 g/mol. The number of rotatable bonds is 6.